The van der Waals surface area contributed by atoms with Gasteiger partial charge in [-0.25, -0.2) is 13.8 Å². The number of hydrogen-bond donors (Lipinski definition) is 2. The second-order valence-corrected chi connectivity index (χ2v) is 9.30. The molecule has 4 rings (SSSR count). The summed E-state index contributed by atoms with van der Waals surface area (Å²) in [5, 5.41) is 11.4. The van der Waals surface area contributed by atoms with Crippen molar-refractivity contribution in [1.82, 2.24) is 20.2 Å². The van der Waals surface area contributed by atoms with Crippen LogP contribution in [0.25, 0.3) is 11.1 Å². The van der Waals surface area contributed by atoms with Gasteiger partial charge in [0, 0.05) is 29.5 Å². The van der Waals surface area contributed by atoms with E-state index in [2.05, 4.69) is 54.2 Å². The Balaban J connectivity index is 1.68. The maximum atomic E-state index is 13.5. The van der Waals surface area contributed by atoms with E-state index >= 15 is 0 Å². The van der Waals surface area contributed by atoms with Gasteiger partial charge in [0.15, 0.2) is 5.01 Å². The second kappa shape index (κ2) is 12.7. The predicted molar refractivity (Wildman–Crippen MR) is 145 cm³/mol. The molecule has 1 saturated carbocycles. The van der Waals surface area contributed by atoms with Gasteiger partial charge >= 0.3 is 0 Å². The highest BCUT2D eigenvalue weighted by Gasteiger charge is 2.22. The van der Waals surface area contributed by atoms with Crippen LogP contribution in [0.4, 0.5) is 13.9 Å². The Morgan fingerprint density at radius 1 is 1.26 bits per heavy atom. The van der Waals surface area contributed by atoms with Crippen molar-refractivity contribution in [2.45, 2.75) is 26.2 Å². The lowest BCUT2D eigenvalue weighted by Gasteiger charge is -2.14. The minimum Gasteiger partial charge on any atom is -0.494 e. The number of nitrogens with two attached hydrogens (primary N) is 1. The number of anilines is 1. The van der Waals surface area contributed by atoms with Crippen LogP contribution in [0.2, 0.25) is 0 Å². The van der Waals surface area contributed by atoms with Crippen LogP contribution in [-0.2, 0) is 0 Å². The zero-order chi connectivity index (χ0) is 27.8. The number of aliphatic imine (C=N–C) groups is 1. The Labute approximate surface area is 227 Å². The van der Waals surface area contributed by atoms with E-state index in [1.807, 2.05) is 0 Å². The van der Waals surface area contributed by atoms with Crippen molar-refractivity contribution in [3.8, 4) is 40.6 Å². The molecule has 3 aromatic heterocycles. The Morgan fingerprint density at radius 3 is 2.79 bits per heavy atom. The smallest absolute Gasteiger partial charge is 0.280 e. The van der Waals surface area contributed by atoms with E-state index in [-0.39, 0.29) is 34.1 Å². The molecule has 1 aliphatic rings. The van der Waals surface area contributed by atoms with Crippen molar-refractivity contribution in [2.75, 3.05) is 19.0 Å². The summed E-state index contributed by atoms with van der Waals surface area (Å²) in [4.78, 5) is 25.5. The fraction of sp³-hybridized carbons (Fsp3) is 0.259. The van der Waals surface area contributed by atoms with Crippen LogP contribution in [0.1, 0.15) is 52.9 Å². The highest BCUT2D eigenvalue weighted by Crippen LogP contribution is 2.35. The van der Waals surface area contributed by atoms with E-state index in [0.717, 1.165) is 29.8 Å². The number of rotatable bonds is 7. The number of allylic oxidation sites excluding steroid dienone is 1. The summed E-state index contributed by atoms with van der Waals surface area (Å²) in [7, 11) is 1.38. The Hall–Kier alpha value is -4.68. The molecule has 3 heterocycles. The lowest BCUT2D eigenvalue weighted by Crippen LogP contribution is -2.14. The lowest BCUT2D eigenvalue weighted by molar-refractivity contribution is 0.102. The number of nitrogens with zero attached hydrogens (tertiary/aromatic N) is 5. The van der Waals surface area contributed by atoms with Crippen molar-refractivity contribution >= 4 is 28.6 Å². The van der Waals surface area contributed by atoms with Crippen LogP contribution >= 0.6 is 11.3 Å². The maximum Gasteiger partial charge on any atom is 0.280 e. The molecule has 39 heavy (non-hydrogen) atoms. The average molecular weight is 548 g/mol. The molecule has 0 aromatic carbocycles. The van der Waals surface area contributed by atoms with E-state index in [9.17, 15) is 13.6 Å². The summed E-state index contributed by atoms with van der Waals surface area (Å²) < 4.78 is 32.4. The van der Waals surface area contributed by atoms with Crippen LogP contribution in [-0.4, -0.2) is 45.9 Å². The molecule has 0 saturated heterocycles. The SMILES string of the molecule is COc1cnc(C(F)F)cc1-c1cc(C#CCN=C/C(C)=C\N)ncc1C(=O)Nc1nnc(C#CC2CC2)s1. The quantitative estimate of drug-likeness (QED) is 0.334. The van der Waals surface area contributed by atoms with Gasteiger partial charge in [-0.2, -0.15) is 0 Å². The minimum absolute atomic E-state index is 0.0906. The third kappa shape index (κ3) is 7.43. The number of nitrogens with one attached hydrogen (secondary N) is 1. The van der Waals surface area contributed by atoms with Gasteiger partial charge < -0.3 is 10.5 Å². The molecule has 12 heteroatoms. The molecule has 3 N–H and O–H groups in total. The van der Waals surface area contributed by atoms with Crippen molar-refractivity contribution in [3.05, 3.63) is 58.3 Å². The number of hydrogen-bond acceptors (Lipinski definition) is 9. The van der Waals surface area contributed by atoms with E-state index in [1.54, 1.807) is 13.1 Å². The van der Waals surface area contributed by atoms with Crippen LogP contribution in [0.5, 0.6) is 5.75 Å². The summed E-state index contributed by atoms with van der Waals surface area (Å²) in [5.74, 6) is 11.8. The first-order valence-electron chi connectivity index (χ1n) is 11.7. The fourth-order valence-electron chi connectivity index (χ4n) is 3.17. The topological polar surface area (TPSA) is 128 Å². The minimum atomic E-state index is -2.83. The number of methoxy groups -OCH3 is 1. The molecular weight excluding hydrogens is 524 g/mol. The summed E-state index contributed by atoms with van der Waals surface area (Å²) in [5.41, 5.74) is 6.62. The van der Waals surface area contributed by atoms with Crippen LogP contribution in [0, 0.1) is 29.6 Å². The lowest BCUT2D eigenvalue weighted by atomic mass is 9.99. The summed E-state index contributed by atoms with van der Waals surface area (Å²) in [6.45, 7) is 1.98. The number of carbonyl (C=O) groups is 1. The van der Waals surface area contributed by atoms with Gasteiger partial charge in [-0.15, -0.1) is 10.2 Å². The number of pyridine rings is 2. The molecule has 0 unspecified atom stereocenters. The number of halogens is 2. The Kier molecular flexibility index (Phi) is 8.92. The van der Waals surface area contributed by atoms with E-state index < -0.39 is 18.0 Å². The predicted octanol–water partition coefficient (Wildman–Crippen LogP) is 4.24. The average Bonchev–Trinajstić information content (AvgIpc) is 3.68. The molecule has 9 nitrogen and oxygen atoms in total. The number of ether oxygens (including phenoxy) is 1. The van der Waals surface area contributed by atoms with Crippen LogP contribution in [0.15, 0.2) is 41.3 Å². The number of carbonyl (C=O) groups excluding carboxylic acids is 1. The van der Waals surface area contributed by atoms with E-state index in [4.69, 9.17) is 10.5 Å². The first-order chi connectivity index (χ1) is 18.9. The summed E-state index contributed by atoms with van der Waals surface area (Å²) >= 11 is 1.13. The highest BCUT2D eigenvalue weighted by molar-refractivity contribution is 7.15. The molecule has 1 amide bonds. The van der Waals surface area contributed by atoms with E-state index in [1.165, 1.54) is 37.8 Å². The monoisotopic (exact) mass is 547 g/mol. The molecule has 0 aliphatic heterocycles. The largest absolute Gasteiger partial charge is 0.494 e. The van der Waals surface area contributed by atoms with Gasteiger partial charge in [-0.05, 0) is 55.5 Å². The van der Waals surface area contributed by atoms with Gasteiger partial charge in [-0.1, -0.05) is 23.2 Å². The molecule has 0 radical (unpaired) electrons. The molecule has 0 atom stereocenters. The normalized spacial score (nSPS) is 13.0. The summed E-state index contributed by atoms with van der Waals surface area (Å²) in [6, 6.07) is 2.70. The first-order valence-corrected chi connectivity index (χ1v) is 12.6. The summed E-state index contributed by atoms with van der Waals surface area (Å²) in [6.07, 6.45) is 4.84. The van der Waals surface area contributed by atoms with Gasteiger partial charge in [0.2, 0.25) is 5.13 Å². The molecule has 1 fully saturated rings. The maximum absolute atomic E-state index is 13.5. The van der Waals surface area contributed by atoms with Crippen LogP contribution < -0.4 is 15.8 Å². The zero-order valence-electron chi connectivity index (χ0n) is 21.0. The molecular formula is C27H23F2N7O2S. The third-order valence-electron chi connectivity index (χ3n) is 5.32. The second-order valence-electron chi connectivity index (χ2n) is 8.32. The number of alkyl halides is 2. The standard InChI is InChI=1S/C27H23F2N7O2S/c1-16(12-30)13-31-9-3-4-18-10-19(20-11-22(25(28)29)33-15-23(20)38-2)21(14-32-18)26(37)34-27-36-35-24(39-27)8-7-17-5-6-17/h10-15,17,25H,5-6,9,30H2,1-2H3,(H,34,36,37)/b16-12-,31-13?. The molecule has 3 aromatic rings. The molecule has 1 aliphatic carbocycles. The highest BCUT2D eigenvalue weighted by atomic mass is 32.1. The van der Waals surface area contributed by atoms with E-state index in [0.29, 0.717) is 16.6 Å². The molecule has 0 bridgehead atoms. The molecule has 198 valence electrons. The number of amides is 1. The first kappa shape index (κ1) is 27.4. The van der Waals surface area contributed by atoms with Gasteiger partial charge in [0.1, 0.15) is 23.7 Å². The Morgan fingerprint density at radius 2 is 2.08 bits per heavy atom. The Bertz CT molecular complexity index is 1560. The van der Waals surface area contributed by atoms with Crippen molar-refractivity contribution in [1.29, 1.82) is 0 Å². The van der Waals surface area contributed by atoms with Crippen LogP contribution in [0.3, 0.4) is 0 Å². The fourth-order valence-corrected chi connectivity index (χ4v) is 3.77. The third-order valence-corrected chi connectivity index (χ3v) is 6.08. The van der Waals surface area contributed by atoms with Crippen molar-refractivity contribution in [3.63, 3.8) is 0 Å². The van der Waals surface area contributed by atoms with Crippen molar-refractivity contribution < 1.29 is 18.3 Å². The van der Waals surface area contributed by atoms with Gasteiger partial charge in [-0.3, -0.25) is 20.1 Å². The molecule has 0 spiro atoms. The van der Waals surface area contributed by atoms with Crippen molar-refractivity contribution in [2.24, 2.45) is 16.6 Å². The number of aromatic nitrogens is 4. The van der Waals surface area contributed by atoms with Gasteiger partial charge in [0.25, 0.3) is 12.3 Å². The van der Waals surface area contributed by atoms with Gasteiger partial charge in [0.05, 0.1) is 18.9 Å². The zero-order valence-corrected chi connectivity index (χ0v) is 21.9.